The van der Waals surface area contributed by atoms with Crippen LogP contribution in [0.25, 0.3) is 0 Å². The van der Waals surface area contributed by atoms with Crippen LogP contribution in [-0.2, 0) is 32.0 Å². The number of ether oxygens (including phenoxy) is 1. The molecule has 0 bridgehead atoms. The first-order valence-electron chi connectivity index (χ1n) is 11.1. The number of benzene rings is 1. The molecule has 182 valence electrons. The highest BCUT2D eigenvalue weighted by molar-refractivity contribution is 5.98. The van der Waals surface area contributed by atoms with Gasteiger partial charge >= 0.3 is 0 Å². The first kappa shape index (κ1) is 25.2. The summed E-state index contributed by atoms with van der Waals surface area (Å²) in [6, 6.07) is -0.0226. The summed E-state index contributed by atoms with van der Waals surface area (Å²) in [5, 5.41) is 24.2. The zero-order valence-corrected chi connectivity index (χ0v) is 18.7. The quantitative estimate of drug-likeness (QED) is 0.368. The first-order valence-corrected chi connectivity index (χ1v) is 11.1. The number of aryl methyl sites for hydroxylation is 1. The Bertz CT molecular complexity index is 918. The Kier molecular flexibility index (Phi) is 7.81. The molecule has 1 heterocycles. The van der Waals surface area contributed by atoms with Crippen LogP contribution in [-0.4, -0.2) is 65.3 Å². The summed E-state index contributed by atoms with van der Waals surface area (Å²) in [5.41, 5.74) is -0.133. The summed E-state index contributed by atoms with van der Waals surface area (Å²) in [6.45, 7) is 2.62. The van der Waals surface area contributed by atoms with Crippen molar-refractivity contribution in [2.24, 2.45) is 11.8 Å². The second kappa shape index (κ2) is 10.2. The maximum Gasteiger partial charge on any atom is 0.245 e. The lowest BCUT2D eigenvalue weighted by Gasteiger charge is -2.27. The predicted octanol–water partition coefficient (Wildman–Crippen LogP) is 0.408. The van der Waals surface area contributed by atoms with E-state index in [0.29, 0.717) is 30.4 Å². The number of aliphatic hydroxyl groups excluding tert-OH is 2. The van der Waals surface area contributed by atoms with Crippen LogP contribution in [0.3, 0.4) is 0 Å². The second-order valence-electron chi connectivity index (χ2n) is 9.21. The molecule has 33 heavy (non-hydrogen) atoms. The van der Waals surface area contributed by atoms with Crippen molar-refractivity contribution in [1.29, 1.82) is 0 Å². The van der Waals surface area contributed by atoms with Crippen molar-refractivity contribution in [3.05, 3.63) is 34.9 Å². The molecule has 1 fully saturated rings. The van der Waals surface area contributed by atoms with E-state index in [1.54, 1.807) is 0 Å². The third-order valence-corrected chi connectivity index (χ3v) is 6.19. The third-order valence-electron chi connectivity index (χ3n) is 6.19. The van der Waals surface area contributed by atoms with E-state index in [1.165, 1.54) is 0 Å². The molecule has 8 nitrogen and oxygen atoms in total. The molecule has 0 saturated carbocycles. The fourth-order valence-electron chi connectivity index (χ4n) is 4.15. The van der Waals surface area contributed by atoms with Gasteiger partial charge in [-0.1, -0.05) is 13.8 Å². The van der Waals surface area contributed by atoms with E-state index >= 15 is 0 Å². The number of hydrogen-bond acceptors (Lipinski definition) is 6. The molecule has 2 unspecified atom stereocenters. The van der Waals surface area contributed by atoms with Crippen molar-refractivity contribution in [1.82, 2.24) is 10.6 Å². The Labute approximate surface area is 190 Å². The predicted molar refractivity (Wildman–Crippen MR) is 113 cm³/mol. The van der Waals surface area contributed by atoms with Gasteiger partial charge in [-0.05, 0) is 54.9 Å². The summed E-state index contributed by atoms with van der Waals surface area (Å²) >= 11 is 0. The lowest BCUT2D eigenvalue weighted by atomic mass is 9.83. The first-order chi connectivity index (χ1) is 15.6. The number of halogens is 2. The fourth-order valence-corrected chi connectivity index (χ4v) is 4.15. The zero-order valence-electron chi connectivity index (χ0n) is 18.7. The fraction of sp³-hybridized carbons (Fsp3) is 0.609. The van der Waals surface area contributed by atoms with E-state index in [2.05, 4.69) is 10.6 Å². The number of carbonyl (C=O) groups is 3. The number of Topliss-reactive ketones (excluding diaryl/α,β-unsaturated/α-hetero) is 1. The number of carbonyl (C=O) groups excluding carboxylic acids is 3. The van der Waals surface area contributed by atoms with Crippen molar-refractivity contribution >= 4 is 17.6 Å². The highest BCUT2D eigenvalue weighted by Gasteiger charge is 2.54. The van der Waals surface area contributed by atoms with E-state index < -0.39 is 66.0 Å². The smallest absolute Gasteiger partial charge is 0.245 e. The highest BCUT2D eigenvalue weighted by Crippen LogP contribution is 2.30. The van der Waals surface area contributed by atoms with Gasteiger partial charge in [-0.2, -0.15) is 0 Å². The van der Waals surface area contributed by atoms with Crippen molar-refractivity contribution in [3.63, 3.8) is 0 Å². The second-order valence-corrected chi connectivity index (χ2v) is 9.21. The molecule has 4 atom stereocenters. The normalized spacial score (nSPS) is 23.4. The van der Waals surface area contributed by atoms with Gasteiger partial charge in [0, 0.05) is 5.92 Å². The molecule has 1 saturated heterocycles. The van der Waals surface area contributed by atoms with Crippen LogP contribution in [0.15, 0.2) is 12.1 Å². The van der Waals surface area contributed by atoms with Gasteiger partial charge in [0.1, 0.15) is 6.04 Å². The molecule has 3 rings (SSSR count). The SMILES string of the molecule is CC(C)CC(NC(=O)[C@H](CO)NC(=O)C1CCc2cc(F)c(F)cc2C1)C(=O)[C@@]1(CO)CO1. The molecule has 1 aliphatic heterocycles. The number of fused-ring (bicyclic) bond motifs is 1. The lowest BCUT2D eigenvalue weighted by molar-refractivity contribution is -0.135. The Morgan fingerprint density at radius 2 is 1.76 bits per heavy atom. The standard InChI is InChI=1S/C23H30F2N2O6/c1-12(2)5-18(20(30)23(10-29)11-33-23)26-22(32)19(9-28)27-21(31)14-4-3-13-7-16(24)17(25)8-15(13)6-14/h7-8,12,14,18-19,28-29H,3-6,9-11H2,1-2H3,(H,26,32)(H,27,31)/t14?,18?,19-,23+/m0/s1. The molecule has 2 aliphatic rings. The van der Waals surface area contributed by atoms with Crippen molar-refractivity contribution in [3.8, 4) is 0 Å². The van der Waals surface area contributed by atoms with Crippen LogP contribution in [0.4, 0.5) is 8.78 Å². The van der Waals surface area contributed by atoms with Gasteiger partial charge in [0.25, 0.3) is 0 Å². The molecular formula is C23H30F2N2O6. The van der Waals surface area contributed by atoms with Crippen molar-refractivity contribution < 1.29 is 38.1 Å². The minimum Gasteiger partial charge on any atom is -0.394 e. The Hall–Kier alpha value is -2.43. The van der Waals surface area contributed by atoms with Crippen molar-refractivity contribution in [2.45, 2.75) is 57.2 Å². The summed E-state index contributed by atoms with van der Waals surface area (Å²) in [6.07, 6.45) is 1.25. The van der Waals surface area contributed by atoms with Crippen LogP contribution >= 0.6 is 0 Å². The molecular weight excluding hydrogens is 438 g/mol. The highest BCUT2D eigenvalue weighted by atomic mass is 19.2. The summed E-state index contributed by atoms with van der Waals surface area (Å²) in [4.78, 5) is 38.3. The molecule has 10 heteroatoms. The monoisotopic (exact) mass is 468 g/mol. The molecule has 0 radical (unpaired) electrons. The summed E-state index contributed by atoms with van der Waals surface area (Å²) in [7, 11) is 0. The number of epoxide rings is 1. The minimum absolute atomic E-state index is 0.0449. The van der Waals surface area contributed by atoms with E-state index in [0.717, 1.165) is 12.1 Å². The molecule has 2 amide bonds. The molecule has 0 spiro atoms. The van der Waals surface area contributed by atoms with E-state index in [9.17, 15) is 33.4 Å². The van der Waals surface area contributed by atoms with Gasteiger partial charge in [-0.15, -0.1) is 0 Å². The number of ketones is 1. The lowest BCUT2D eigenvalue weighted by Crippen LogP contribution is -2.56. The number of hydrogen-bond donors (Lipinski definition) is 4. The van der Waals surface area contributed by atoms with Gasteiger partial charge < -0.3 is 25.6 Å². The topological polar surface area (TPSA) is 128 Å². The zero-order chi connectivity index (χ0) is 24.3. The number of rotatable bonds is 10. The Morgan fingerprint density at radius 3 is 2.30 bits per heavy atom. The van der Waals surface area contributed by atoms with E-state index in [1.807, 2.05) is 13.8 Å². The van der Waals surface area contributed by atoms with Crippen LogP contribution in [0.1, 0.15) is 37.8 Å². The van der Waals surface area contributed by atoms with Gasteiger partial charge in [0.2, 0.25) is 11.8 Å². The van der Waals surface area contributed by atoms with Crippen molar-refractivity contribution in [2.75, 3.05) is 19.8 Å². The average molecular weight is 468 g/mol. The number of amides is 2. The largest absolute Gasteiger partial charge is 0.394 e. The number of aliphatic hydroxyl groups is 2. The molecule has 1 aromatic rings. The summed E-state index contributed by atoms with van der Waals surface area (Å²) in [5.74, 6) is -4.12. The van der Waals surface area contributed by atoms with Gasteiger partial charge in [-0.25, -0.2) is 8.78 Å². The maximum atomic E-state index is 13.6. The third kappa shape index (κ3) is 5.74. The Morgan fingerprint density at radius 1 is 1.12 bits per heavy atom. The van der Waals surface area contributed by atoms with Gasteiger partial charge in [0.05, 0.1) is 25.9 Å². The molecule has 1 aromatic carbocycles. The van der Waals surface area contributed by atoms with Gasteiger partial charge in [0.15, 0.2) is 23.0 Å². The van der Waals surface area contributed by atoms with E-state index in [-0.39, 0.29) is 18.9 Å². The minimum atomic E-state index is -1.31. The maximum absolute atomic E-state index is 13.6. The van der Waals surface area contributed by atoms with Crippen LogP contribution in [0.5, 0.6) is 0 Å². The Balaban J connectivity index is 1.64. The van der Waals surface area contributed by atoms with Crippen LogP contribution in [0, 0.1) is 23.5 Å². The van der Waals surface area contributed by atoms with E-state index in [4.69, 9.17) is 4.74 Å². The van der Waals surface area contributed by atoms with Crippen LogP contribution in [0.2, 0.25) is 0 Å². The summed E-state index contributed by atoms with van der Waals surface area (Å²) < 4.78 is 32.1. The molecule has 1 aliphatic carbocycles. The molecule has 4 N–H and O–H groups in total. The number of nitrogens with one attached hydrogen (secondary N) is 2. The average Bonchev–Trinajstić information content (AvgIpc) is 3.57. The van der Waals surface area contributed by atoms with Gasteiger partial charge in [-0.3, -0.25) is 14.4 Å². The van der Waals surface area contributed by atoms with Crippen LogP contribution < -0.4 is 10.6 Å². The molecule has 0 aromatic heterocycles.